The van der Waals surface area contributed by atoms with Gasteiger partial charge in [0.25, 0.3) is 0 Å². The maximum absolute atomic E-state index is 4.33. The molecule has 0 fully saturated rings. The second kappa shape index (κ2) is 5.43. The number of aromatic nitrogens is 1. The number of aryl methyl sites for hydroxylation is 2. The van der Waals surface area contributed by atoms with E-state index >= 15 is 0 Å². The van der Waals surface area contributed by atoms with Crippen LogP contribution in [0.2, 0.25) is 0 Å². The molecule has 1 N–H and O–H groups in total. The molecule has 1 aromatic carbocycles. The zero-order chi connectivity index (χ0) is 12.3. The summed E-state index contributed by atoms with van der Waals surface area (Å²) < 4.78 is 0. The molecule has 1 atom stereocenters. The molecule has 0 amide bonds. The molecule has 0 saturated heterocycles. The summed E-state index contributed by atoms with van der Waals surface area (Å²) in [6.07, 6.45) is 3.00. The van der Waals surface area contributed by atoms with Crippen LogP contribution in [0.1, 0.15) is 27.1 Å². The Morgan fingerprint density at radius 3 is 2.65 bits per heavy atom. The summed E-state index contributed by atoms with van der Waals surface area (Å²) in [4.78, 5) is 5.64. The predicted molar refractivity (Wildman–Crippen MR) is 73.5 cm³/mol. The molecule has 2 rings (SSSR count). The maximum atomic E-state index is 4.33. The Balaban J connectivity index is 2.18. The van der Waals surface area contributed by atoms with Crippen LogP contribution >= 0.6 is 11.3 Å². The van der Waals surface area contributed by atoms with Gasteiger partial charge in [-0.3, -0.25) is 0 Å². The van der Waals surface area contributed by atoms with Gasteiger partial charge in [0.05, 0.1) is 5.01 Å². The van der Waals surface area contributed by atoms with Crippen LogP contribution in [0.4, 0.5) is 0 Å². The number of rotatable bonds is 4. The van der Waals surface area contributed by atoms with Gasteiger partial charge in [0.1, 0.15) is 0 Å². The maximum Gasteiger partial charge on any atom is 0.0897 e. The summed E-state index contributed by atoms with van der Waals surface area (Å²) in [5.74, 6) is 0. The Morgan fingerprint density at radius 1 is 1.29 bits per heavy atom. The average Bonchev–Trinajstić information content (AvgIpc) is 2.75. The standard InChI is InChI=1S/C14H18N2S/c1-10-6-4-5-7-12(10)8-13(15-3)14-9-16-11(2)17-14/h4-7,9,13,15H,8H2,1-3H3. The van der Waals surface area contributed by atoms with Gasteiger partial charge in [-0.2, -0.15) is 0 Å². The molecule has 0 aliphatic rings. The van der Waals surface area contributed by atoms with Crippen LogP contribution < -0.4 is 5.32 Å². The Hall–Kier alpha value is -1.19. The third kappa shape index (κ3) is 2.93. The molecule has 0 radical (unpaired) electrons. The highest BCUT2D eigenvalue weighted by molar-refractivity contribution is 7.11. The first-order valence-corrected chi connectivity index (χ1v) is 6.66. The van der Waals surface area contributed by atoms with Crippen molar-refractivity contribution in [3.8, 4) is 0 Å². The lowest BCUT2D eigenvalue weighted by atomic mass is 10.0. The van der Waals surface area contributed by atoms with E-state index in [1.807, 2.05) is 13.2 Å². The molecule has 17 heavy (non-hydrogen) atoms. The molecule has 1 aromatic heterocycles. The molecule has 3 heteroatoms. The number of likely N-dealkylation sites (N-methyl/N-ethyl adjacent to an activating group) is 1. The van der Waals surface area contributed by atoms with E-state index in [1.165, 1.54) is 16.0 Å². The van der Waals surface area contributed by atoms with Crippen molar-refractivity contribution >= 4 is 11.3 Å². The van der Waals surface area contributed by atoms with E-state index in [0.717, 1.165) is 11.4 Å². The molecule has 90 valence electrons. The second-order valence-corrected chi connectivity index (χ2v) is 5.52. The Kier molecular flexibility index (Phi) is 3.92. The first-order chi connectivity index (χ1) is 8.20. The Morgan fingerprint density at radius 2 is 2.06 bits per heavy atom. The van der Waals surface area contributed by atoms with Crippen LogP contribution in [0.5, 0.6) is 0 Å². The first-order valence-electron chi connectivity index (χ1n) is 5.85. The number of thiazole rings is 1. The number of hydrogen-bond donors (Lipinski definition) is 1. The van der Waals surface area contributed by atoms with Crippen LogP contribution in [0.25, 0.3) is 0 Å². The fourth-order valence-corrected chi connectivity index (χ4v) is 2.84. The van der Waals surface area contributed by atoms with E-state index in [-0.39, 0.29) is 0 Å². The normalized spacial score (nSPS) is 12.6. The van der Waals surface area contributed by atoms with Crippen LogP contribution in [-0.4, -0.2) is 12.0 Å². The summed E-state index contributed by atoms with van der Waals surface area (Å²) >= 11 is 1.77. The molecule has 2 nitrogen and oxygen atoms in total. The number of hydrogen-bond acceptors (Lipinski definition) is 3. The van der Waals surface area contributed by atoms with Crippen LogP contribution in [-0.2, 0) is 6.42 Å². The highest BCUT2D eigenvalue weighted by Crippen LogP contribution is 2.24. The average molecular weight is 246 g/mol. The van der Waals surface area contributed by atoms with E-state index in [9.17, 15) is 0 Å². The van der Waals surface area contributed by atoms with Gasteiger partial charge < -0.3 is 5.32 Å². The Labute approximate surface area is 107 Å². The third-order valence-corrected chi connectivity index (χ3v) is 4.04. The van der Waals surface area contributed by atoms with E-state index in [1.54, 1.807) is 11.3 Å². The molecule has 0 saturated carbocycles. The molecule has 1 heterocycles. The van der Waals surface area contributed by atoms with Crippen molar-refractivity contribution < 1.29 is 0 Å². The van der Waals surface area contributed by atoms with Crippen LogP contribution in [0.15, 0.2) is 30.5 Å². The highest BCUT2D eigenvalue weighted by Gasteiger charge is 2.13. The summed E-state index contributed by atoms with van der Waals surface area (Å²) in [5, 5.41) is 4.51. The summed E-state index contributed by atoms with van der Waals surface area (Å²) in [6, 6.07) is 8.92. The van der Waals surface area contributed by atoms with Gasteiger partial charge in [-0.05, 0) is 38.4 Å². The fraction of sp³-hybridized carbons (Fsp3) is 0.357. The zero-order valence-electron chi connectivity index (χ0n) is 10.5. The number of nitrogens with one attached hydrogen (secondary N) is 1. The fourth-order valence-electron chi connectivity index (χ4n) is 1.94. The quantitative estimate of drug-likeness (QED) is 0.895. The van der Waals surface area contributed by atoms with Gasteiger partial charge in [0.15, 0.2) is 0 Å². The summed E-state index contributed by atoms with van der Waals surface area (Å²) in [6.45, 7) is 4.22. The molecule has 1 unspecified atom stereocenters. The molecule has 0 aliphatic carbocycles. The van der Waals surface area contributed by atoms with Gasteiger partial charge in [0, 0.05) is 17.1 Å². The van der Waals surface area contributed by atoms with Gasteiger partial charge in [0.2, 0.25) is 0 Å². The third-order valence-electron chi connectivity index (χ3n) is 3.02. The van der Waals surface area contributed by atoms with Crippen molar-refractivity contribution in [2.75, 3.05) is 7.05 Å². The lowest BCUT2D eigenvalue weighted by Gasteiger charge is -2.15. The van der Waals surface area contributed by atoms with Crippen molar-refractivity contribution in [2.24, 2.45) is 0 Å². The minimum atomic E-state index is 0.363. The lowest BCUT2D eigenvalue weighted by molar-refractivity contribution is 0.599. The van der Waals surface area contributed by atoms with Crippen LogP contribution in [0, 0.1) is 13.8 Å². The summed E-state index contributed by atoms with van der Waals surface area (Å²) in [5.41, 5.74) is 2.76. The van der Waals surface area contributed by atoms with Crippen molar-refractivity contribution in [1.29, 1.82) is 0 Å². The van der Waals surface area contributed by atoms with Crippen molar-refractivity contribution in [3.63, 3.8) is 0 Å². The predicted octanol–water partition coefficient (Wildman–Crippen LogP) is 3.26. The summed E-state index contributed by atoms with van der Waals surface area (Å²) in [7, 11) is 2.01. The minimum Gasteiger partial charge on any atom is -0.312 e. The second-order valence-electron chi connectivity index (χ2n) is 4.25. The van der Waals surface area contributed by atoms with E-state index in [0.29, 0.717) is 6.04 Å². The number of benzene rings is 1. The lowest BCUT2D eigenvalue weighted by Crippen LogP contribution is -2.18. The monoisotopic (exact) mass is 246 g/mol. The Bertz CT molecular complexity index is 490. The first kappa shape index (κ1) is 12.3. The van der Waals surface area contributed by atoms with Crippen molar-refractivity contribution in [3.05, 3.63) is 51.5 Å². The number of nitrogens with zero attached hydrogens (tertiary/aromatic N) is 1. The topological polar surface area (TPSA) is 24.9 Å². The molecule has 0 spiro atoms. The van der Waals surface area contributed by atoms with E-state index in [4.69, 9.17) is 0 Å². The molecular formula is C14H18N2S. The van der Waals surface area contributed by atoms with Crippen molar-refractivity contribution in [1.82, 2.24) is 10.3 Å². The molecule has 0 bridgehead atoms. The van der Waals surface area contributed by atoms with E-state index < -0.39 is 0 Å². The van der Waals surface area contributed by atoms with Gasteiger partial charge in [-0.15, -0.1) is 11.3 Å². The van der Waals surface area contributed by atoms with Crippen LogP contribution in [0.3, 0.4) is 0 Å². The van der Waals surface area contributed by atoms with Gasteiger partial charge >= 0.3 is 0 Å². The molecular weight excluding hydrogens is 228 g/mol. The van der Waals surface area contributed by atoms with Gasteiger partial charge in [-0.1, -0.05) is 24.3 Å². The SMILES string of the molecule is CNC(Cc1ccccc1C)c1cnc(C)s1. The molecule has 2 aromatic rings. The minimum absolute atomic E-state index is 0.363. The van der Waals surface area contributed by atoms with E-state index in [2.05, 4.69) is 48.4 Å². The molecule has 0 aliphatic heterocycles. The zero-order valence-corrected chi connectivity index (χ0v) is 11.3. The highest BCUT2D eigenvalue weighted by atomic mass is 32.1. The van der Waals surface area contributed by atoms with Gasteiger partial charge in [-0.25, -0.2) is 4.98 Å². The smallest absolute Gasteiger partial charge is 0.0897 e. The largest absolute Gasteiger partial charge is 0.312 e. The van der Waals surface area contributed by atoms with Crippen molar-refractivity contribution in [2.45, 2.75) is 26.3 Å².